The van der Waals surface area contributed by atoms with E-state index in [1.54, 1.807) is 11.9 Å². The smallest absolute Gasteiger partial charge is 0.237 e. The molecule has 1 fully saturated rings. The molecule has 0 bridgehead atoms. The van der Waals surface area contributed by atoms with Crippen molar-refractivity contribution in [2.75, 3.05) is 45.4 Å². The Kier molecular flexibility index (Phi) is 6.04. The number of hydrogen-bond donors (Lipinski definition) is 1. The molecule has 18 heavy (non-hydrogen) atoms. The van der Waals surface area contributed by atoms with Gasteiger partial charge in [-0.05, 0) is 19.9 Å². The van der Waals surface area contributed by atoms with Crippen molar-refractivity contribution in [1.82, 2.24) is 10.2 Å². The molecular formula is C11H22N2O4S. The molecule has 0 saturated carbocycles. The van der Waals surface area contributed by atoms with Crippen molar-refractivity contribution in [2.45, 2.75) is 18.9 Å². The number of methoxy groups -OCH3 is 1. The summed E-state index contributed by atoms with van der Waals surface area (Å²) in [5, 5.41) is 2.87. The quantitative estimate of drug-likeness (QED) is 0.664. The van der Waals surface area contributed by atoms with E-state index in [1.165, 1.54) is 7.11 Å². The first-order valence-corrected chi connectivity index (χ1v) is 7.95. The number of carbonyl (C=O) groups is 1. The van der Waals surface area contributed by atoms with Crippen LogP contribution in [0.15, 0.2) is 0 Å². The zero-order valence-corrected chi connectivity index (χ0v) is 11.8. The van der Waals surface area contributed by atoms with Crippen LogP contribution in [0.5, 0.6) is 0 Å². The summed E-state index contributed by atoms with van der Waals surface area (Å²) in [5.41, 5.74) is 0. The maximum Gasteiger partial charge on any atom is 0.237 e. The van der Waals surface area contributed by atoms with Crippen LogP contribution in [0.2, 0.25) is 0 Å². The highest BCUT2D eigenvalue weighted by molar-refractivity contribution is 7.92. The third-order valence-electron chi connectivity index (χ3n) is 3.03. The average Bonchev–Trinajstić information content (AvgIpc) is 2.80. The molecule has 1 heterocycles. The maximum atomic E-state index is 11.9. The molecule has 1 aliphatic rings. The van der Waals surface area contributed by atoms with Crippen molar-refractivity contribution >= 4 is 15.7 Å². The number of nitrogens with zero attached hydrogens (tertiary/aromatic N) is 1. The lowest BCUT2D eigenvalue weighted by Gasteiger charge is -2.18. The van der Waals surface area contributed by atoms with Gasteiger partial charge in [0.15, 0.2) is 9.84 Å². The van der Waals surface area contributed by atoms with Crippen LogP contribution in [0, 0.1) is 0 Å². The normalized spacial score (nSPS) is 18.0. The van der Waals surface area contributed by atoms with Gasteiger partial charge < -0.3 is 15.0 Å². The number of nitrogens with one attached hydrogen (secondary N) is 1. The first kappa shape index (κ1) is 15.4. The Balaban J connectivity index is 2.49. The number of likely N-dealkylation sites (tertiary alicyclic amines) is 1. The summed E-state index contributed by atoms with van der Waals surface area (Å²) < 4.78 is 28.7. The molecule has 1 rings (SSSR count). The van der Waals surface area contributed by atoms with Crippen molar-refractivity contribution in [3.8, 4) is 0 Å². The number of ether oxygens (including phenoxy) is 1. The molecule has 1 atom stereocenters. The van der Waals surface area contributed by atoms with Gasteiger partial charge >= 0.3 is 0 Å². The molecule has 1 saturated heterocycles. The number of carbonyl (C=O) groups excluding carboxylic acids is 1. The second kappa shape index (κ2) is 7.06. The van der Waals surface area contributed by atoms with E-state index in [1.807, 2.05) is 0 Å². The topological polar surface area (TPSA) is 75.7 Å². The van der Waals surface area contributed by atoms with Gasteiger partial charge in [-0.25, -0.2) is 8.42 Å². The monoisotopic (exact) mass is 278 g/mol. The molecule has 1 aliphatic heterocycles. The highest BCUT2D eigenvalue weighted by Crippen LogP contribution is 2.09. The standard InChI is InChI=1S/C11H22N2O4S/c1-12-10(7-17-2)8-18(15,16)9-11(14)13-5-3-4-6-13/h10,12H,3-9H2,1-2H3. The van der Waals surface area contributed by atoms with Crippen LogP contribution in [-0.2, 0) is 19.4 Å². The summed E-state index contributed by atoms with van der Waals surface area (Å²) >= 11 is 0. The molecule has 1 N–H and O–H groups in total. The van der Waals surface area contributed by atoms with Gasteiger partial charge in [0.05, 0.1) is 12.4 Å². The SMILES string of the molecule is CNC(COC)CS(=O)(=O)CC(=O)N1CCCC1. The molecule has 0 aromatic rings. The number of sulfone groups is 1. The van der Waals surface area contributed by atoms with Crippen LogP contribution in [0.1, 0.15) is 12.8 Å². The van der Waals surface area contributed by atoms with Gasteiger partial charge in [0.2, 0.25) is 5.91 Å². The van der Waals surface area contributed by atoms with Crippen LogP contribution in [-0.4, -0.2) is 70.6 Å². The fraction of sp³-hybridized carbons (Fsp3) is 0.909. The summed E-state index contributed by atoms with van der Waals surface area (Å²) in [4.78, 5) is 13.4. The third kappa shape index (κ3) is 4.91. The van der Waals surface area contributed by atoms with E-state index in [0.717, 1.165) is 12.8 Å². The Morgan fingerprint density at radius 3 is 2.50 bits per heavy atom. The molecule has 0 aliphatic carbocycles. The Bertz CT molecular complexity index is 363. The van der Waals surface area contributed by atoms with Gasteiger partial charge in [0.1, 0.15) is 5.75 Å². The maximum absolute atomic E-state index is 11.9. The number of amides is 1. The van der Waals surface area contributed by atoms with E-state index in [-0.39, 0.29) is 17.7 Å². The average molecular weight is 278 g/mol. The summed E-state index contributed by atoms with van der Waals surface area (Å²) in [6.45, 7) is 1.68. The van der Waals surface area contributed by atoms with Crippen molar-refractivity contribution in [3.63, 3.8) is 0 Å². The van der Waals surface area contributed by atoms with Crippen LogP contribution < -0.4 is 5.32 Å². The zero-order chi connectivity index (χ0) is 13.6. The Hall–Kier alpha value is -0.660. The molecule has 106 valence electrons. The third-order valence-corrected chi connectivity index (χ3v) is 4.63. The molecule has 7 heteroatoms. The highest BCUT2D eigenvalue weighted by atomic mass is 32.2. The van der Waals surface area contributed by atoms with E-state index in [9.17, 15) is 13.2 Å². The van der Waals surface area contributed by atoms with Crippen LogP contribution >= 0.6 is 0 Å². The Morgan fingerprint density at radius 1 is 1.39 bits per heavy atom. The van der Waals surface area contributed by atoms with Gasteiger partial charge in [-0.1, -0.05) is 0 Å². The highest BCUT2D eigenvalue weighted by Gasteiger charge is 2.26. The minimum atomic E-state index is -3.39. The van der Waals surface area contributed by atoms with E-state index in [4.69, 9.17) is 4.74 Å². The van der Waals surface area contributed by atoms with Gasteiger partial charge in [-0.15, -0.1) is 0 Å². The largest absolute Gasteiger partial charge is 0.383 e. The van der Waals surface area contributed by atoms with E-state index >= 15 is 0 Å². The summed E-state index contributed by atoms with van der Waals surface area (Å²) in [7, 11) is -0.183. The lowest BCUT2D eigenvalue weighted by Crippen LogP contribution is -2.40. The molecule has 1 amide bonds. The fourth-order valence-corrected chi connectivity index (χ4v) is 3.58. The van der Waals surface area contributed by atoms with Crippen molar-refractivity contribution in [3.05, 3.63) is 0 Å². The molecule has 6 nitrogen and oxygen atoms in total. The minimum absolute atomic E-state index is 0.0725. The van der Waals surface area contributed by atoms with Crippen molar-refractivity contribution in [2.24, 2.45) is 0 Å². The van der Waals surface area contributed by atoms with Gasteiger partial charge in [0, 0.05) is 26.2 Å². The predicted octanol–water partition coefficient (Wildman–Crippen LogP) is -0.742. The van der Waals surface area contributed by atoms with Gasteiger partial charge in [0.25, 0.3) is 0 Å². The molecule has 0 spiro atoms. The second-order valence-electron chi connectivity index (χ2n) is 4.58. The lowest BCUT2D eigenvalue weighted by atomic mass is 10.4. The first-order chi connectivity index (χ1) is 8.48. The van der Waals surface area contributed by atoms with Crippen LogP contribution in [0.4, 0.5) is 0 Å². The molecule has 1 unspecified atom stereocenters. The van der Waals surface area contributed by atoms with Gasteiger partial charge in [-0.2, -0.15) is 0 Å². The van der Waals surface area contributed by atoms with Crippen LogP contribution in [0.25, 0.3) is 0 Å². The summed E-state index contributed by atoms with van der Waals surface area (Å²) in [6, 6.07) is -0.272. The van der Waals surface area contributed by atoms with E-state index in [2.05, 4.69) is 5.32 Å². The van der Waals surface area contributed by atoms with Crippen molar-refractivity contribution < 1.29 is 17.9 Å². The van der Waals surface area contributed by atoms with Gasteiger partial charge in [-0.3, -0.25) is 4.79 Å². The second-order valence-corrected chi connectivity index (χ2v) is 6.69. The number of hydrogen-bond acceptors (Lipinski definition) is 5. The van der Waals surface area contributed by atoms with Crippen LogP contribution in [0.3, 0.4) is 0 Å². The molecule has 0 radical (unpaired) electrons. The molecule has 0 aromatic heterocycles. The summed E-state index contributed by atoms with van der Waals surface area (Å²) in [5.74, 6) is -0.744. The fourth-order valence-electron chi connectivity index (χ4n) is 2.03. The zero-order valence-electron chi connectivity index (χ0n) is 11.0. The molecular weight excluding hydrogens is 256 g/mol. The van der Waals surface area contributed by atoms with E-state index < -0.39 is 15.6 Å². The minimum Gasteiger partial charge on any atom is -0.383 e. The number of likely N-dealkylation sites (N-methyl/N-ethyl adjacent to an activating group) is 1. The molecule has 0 aromatic carbocycles. The predicted molar refractivity (Wildman–Crippen MR) is 69.2 cm³/mol. The Labute approximate surface area is 109 Å². The lowest BCUT2D eigenvalue weighted by molar-refractivity contribution is -0.127. The summed E-state index contributed by atoms with van der Waals surface area (Å²) in [6.07, 6.45) is 1.93. The van der Waals surface area contributed by atoms with Crippen molar-refractivity contribution in [1.29, 1.82) is 0 Å². The number of rotatable bonds is 7. The Morgan fingerprint density at radius 2 is 2.00 bits per heavy atom. The first-order valence-electron chi connectivity index (χ1n) is 6.13. The van der Waals surface area contributed by atoms with E-state index in [0.29, 0.717) is 19.7 Å².